The lowest BCUT2D eigenvalue weighted by Gasteiger charge is -2.34. The van der Waals surface area contributed by atoms with E-state index in [0.717, 1.165) is 68.0 Å². The average Bonchev–Trinajstić information content (AvgIpc) is 3.47. The van der Waals surface area contributed by atoms with Gasteiger partial charge in [-0.05, 0) is 55.5 Å². The molecule has 1 atom stereocenters. The minimum atomic E-state index is 0.0834. The quantitative estimate of drug-likeness (QED) is 0.619. The van der Waals surface area contributed by atoms with Crippen molar-refractivity contribution in [1.82, 2.24) is 14.5 Å². The van der Waals surface area contributed by atoms with Gasteiger partial charge in [-0.2, -0.15) is 0 Å². The Morgan fingerprint density at radius 2 is 1.97 bits per heavy atom. The van der Waals surface area contributed by atoms with Crippen LogP contribution in [-0.2, 0) is 16.0 Å². The van der Waals surface area contributed by atoms with E-state index in [1.54, 1.807) is 7.11 Å². The maximum absolute atomic E-state index is 12.9. The SMILES string of the molecule is COc1cccc(CC(=O)N2CCC(n3c([C@@H]4CCCO4)nc4ccccc43)CC2)c1. The van der Waals surface area contributed by atoms with Crippen molar-refractivity contribution in [3.8, 4) is 5.75 Å². The monoisotopic (exact) mass is 419 g/mol. The molecule has 2 saturated heterocycles. The van der Waals surface area contributed by atoms with Crippen molar-refractivity contribution >= 4 is 16.9 Å². The number of rotatable bonds is 5. The number of hydrogen-bond donors (Lipinski definition) is 0. The zero-order valence-corrected chi connectivity index (χ0v) is 18.0. The van der Waals surface area contributed by atoms with Crippen LogP contribution in [0.15, 0.2) is 48.5 Å². The van der Waals surface area contributed by atoms with E-state index in [0.29, 0.717) is 12.5 Å². The molecule has 6 heteroatoms. The number of para-hydroxylation sites is 2. The van der Waals surface area contributed by atoms with Crippen LogP contribution in [0.5, 0.6) is 5.75 Å². The topological polar surface area (TPSA) is 56.6 Å². The molecule has 1 amide bonds. The van der Waals surface area contributed by atoms with Crippen LogP contribution >= 0.6 is 0 Å². The van der Waals surface area contributed by atoms with Crippen molar-refractivity contribution in [2.24, 2.45) is 0 Å². The van der Waals surface area contributed by atoms with E-state index < -0.39 is 0 Å². The molecule has 0 bridgehead atoms. The molecule has 2 fully saturated rings. The van der Waals surface area contributed by atoms with Crippen LogP contribution in [0.3, 0.4) is 0 Å². The van der Waals surface area contributed by atoms with Crippen LogP contribution in [0, 0.1) is 0 Å². The molecule has 3 heterocycles. The van der Waals surface area contributed by atoms with Crippen LogP contribution in [0.25, 0.3) is 11.0 Å². The van der Waals surface area contributed by atoms with Crippen LogP contribution < -0.4 is 4.74 Å². The van der Waals surface area contributed by atoms with E-state index in [4.69, 9.17) is 14.5 Å². The number of hydrogen-bond acceptors (Lipinski definition) is 4. The van der Waals surface area contributed by atoms with Gasteiger partial charge in [0.25, 0.3) is 0 Å². The maximum Gasteiger partial charge on any atom is 0.226 e. The zero-order valence-electron chi connectivity index (χ0n) is 18.0. The van der Waals surface area contributed by atoms with Crippen LogP contribution in [0.4, 0.5) is 0 Å². The Labute approximate surface area is 182 Å². The van der Waals surface area contributed by atoms with Crippen molar-refractivity contribution < 1.29 is 14.3 Å². The Balaban J connectivity index is 1.31. The second-order valence-corrected chi connectivity index (χ2v) is 8.47. The van der Waals surface area contributed by atoms with Crippen molar-refractivity contribution in [1.29, 1.82) is 0 Å². The number of ether oxygens (including phenoxy) is 2. The molecule has 2 aliphatic heterocycles. The summed E-state index contributed by atoms with van der Waals surface area (Å²) in [6.07, 6.45) is 4.48. The average molecular weight is 420 g/mol. The molecule has 2 aliphatic rings. The zero-order chi connectivity index (χ0) is 21.2. The molecule has 2 aromatic carbocycles. The van der Waals surface area contributed by atoms with Crippen molar-refractivity contribution in [3.63, 3.8) is 0 Å². The molecular formula is C25H29N3O3. The highest BCUT2D eigenvalue weighted by molar-refractivity contribution is 5.79. The number of nitrogens with zero attached hydrogens (tertiary/aromatic N) is 3. The lowest BCUT2D eigenvalue weighted by Crippen LogP contribution is -2.40. The van der Waals surface area contributed by atoms with E-state index in [1.807, 2.05) is 35.2 Å². The highest BCUT2D eigenvalue weighted by Gasteiger charge is 2.30. The fraction of sp³-hybridized carbons (Fsp3) is 0.440. The number of aromatic nitrogens is 2. The van der Waals surface area contributed by atoms with Crippen molar-refractivity contribution in [2.75, 3.05) is 26.8 Å². The van der Waals surface area contributed by atoms with E-state index in [2.05, 4.69) is 22.8 Å². The van der Waals surface area contributed by atoms with Gasteiger partial charge in [-0.25, -0.2) is 4.98 Å². The molecule has 0 N–H and O–H groups in total. The Morgan fingerprint density at radius 1 is 1.13 bits per heavy atom. The Morgan fingerprint density at radius 3 is 2.74 bits per heavy atom. The highest BCUT2D eigenvalue weighted by atomic mass is 16.5. The lowest BCUT2D eigenvalue weighted by molar-refractivity contribution is -0.131. The largest absolute Gasteiger partial charge is 0.497 e. The molecule has 6 nitrogen and oxygen atoms in total. The maximum atomic E-state index is 12.9. The first-order valence-electron chi connectivity index (χ1n) is 11.2. The van der Waals surface area contributed by atoms with Gasteiger partial charge in [0.2, 0.25) is 5.91 Å². The van der Waals surface area contributed by atoms with Gasteiger partial charge in [0.15, 0.2) is 0 Å². The molecule has 0 saturated carbocycles. The molecule has 162 valence electrons. The number of likely N-dealkylation sites (tertiary alicyclic amines) is 1. The number of benzene rings is 2. The second-order valence-electron chi connectivity index (χ2n) is 8.47. The number of methoxy groups -OCH3 is 1. The van der Waals surface area contributed by atoms with E-state index in [9.17, 15) is 4.79 Å². The van der Waals surface area contributed by atoms with Crippen molar-refractivity contribution in [3.05, 3.63) is 59.9 Å². The molecule has 0 unspecified atom stereocenters. The molecule has 5 rings (SSSR count). The molecule has 1 aromatic heterocycles. The third kappa shape index (κ3) is 4.04. The normalized spacial score (nSPS) is 19.8. The van der Waals surface area contributed by atoms with E-state index >= 15 is 0 Å². The smallest absolute Gasteiger partial charge is 0.226 e. The summed E-state index contributed by atoms with van der Waals surface area (Å²) >= 11 is 0. The summed E-state index contributed by atoms with van der Waals surface area (Å²) in [6.45, 7) is 2.35. The molecular weight excluding hydrogens is 390 g/mol. The summed E-state index contributed by atoms with van der Waals surface area (Å²) < 4.78 is 13.7. The summed E-state index contributed by atoms with van der Waals surface area (Å²) in [7, 11) is 1.65. The van der Waals surface area contributed by atoms with Crippen molar-refractivity contribution in [2.45, 2.75) is 44.2 Å². The first kappa shape index (κ1) is 20.1. The molecule has 0 aliphatic carbocycles. The van der Waals surface area contributed by atoms with Gasteiger partial charge in [-0.1, -0.05) is 24.3 Å². The van der Waals surface area contributed by atoms with E-state index in [-0.39, 0.29) is 12.0 Å². The molecule has 0 spiro atoms. The Kier molecular flexibility index (Phi) is 5.64. The predicted molar refractivity (Wildman–Crippen MR) is 119 cm³/mol. The number of fused-ring (bicyclic) bond motifs is 1. The van der Waals surface area contributed by atoms with Gasteiger partial charge in [0, 0.05) is 25.7 Å². The minimum absolute atomic E-state index is 0.0834. The molecule has 31 heavy (non-hydrogen) atoms. The first-order chi connectivity index (χ1) is 15.2. The van der Waals surface area contributed by atoms with Gasteiger partial charge in [0.05, 0.1) is 24.6 Å². The van der Waals surface area contributed by atoms with Gasteiger partial charge in [-0.15, -0.1) is 0 Å². The third-order valence-electron chi connectivity index (χ3n) is 6.51. The first-order valence-corrected chi connectivity index (χ1v) is 11.2. The van der Waals surface area contributed by atoms with Crippen LogP contribution in [0.2, 0.25) is 0 Å². The summed E-state index contributed by atoms with van der Waals surface area (Å²) in [5.74, 6) is 2.03. The third-order valence-corrected chi connectivity index (χ3v) is 6.51. The predicted octanol–water partition coefficient (Wildman–Crippen LogP) is 4.30. The fourth-order valence-corrected chi connectivity index (χ4v) is 4.90. The van der Waals surface area contributed by atoms with Gasteiger partial charge >= 0.3 is 0 Å². The number of imidazole rings is 1. The van der Waals surface area contributed by atoms with Crippen LogP contribution in [-0.4, -0.2) is 47.2 Å². The number of carbonyl (C=O) groups excluding carboxylic acids is 1. The molecule has 3 aromatic rings. The standard InChI is InChI=1S/C25H29N3O3/c1-30-20-7-4-6-18(16-20)17-24(29)27-13-11-19(12-14-27)28-22-9-3-2-8-21(22)26-25(28)23-10-5-15-31-23/h2-4,6-9,16,19,23H,5,10-15,17H2,1H3/t23-/m0/s1. The fourth-order valence-electron chi connectivity index (χ4n) is 4.90. The summed E-state index contributed by atoms with van der Waals surface area (Å²) in [5.41, 5.74) is 3.20. The van der Waals surface area contributed by atoms with Crippen LogP contribution in [0.1, 0.15) is 49.2 Å². The van der Waals surface area contributed by atoms with Gasteiger partial charge in [-0.3, -0.25) is 4.79 Å². The number of piperidine rings is 1. The lowest BCUT2D eigenvalue weighted by atomic mass is 10.0. The Hall–Kier alpha value is -2.86. The summed E-state index contributed by atoms with van der Waals surface area (Å²) in [6, 6.07) is 16.5. The van der Waals surface area contributed by atoms with Gasteiger partial charge in [0.1, 0.15) is 17.7 Å². The minimum Gasteiger partial charge on any atom is -0.497 e. The number of amides is 1. The van der Waals surface area contributed by atoms with E-state index in [1.165, 1.54) is 5.52 Å². The summed E-state index contributed by atoms with van der Waals surface area (Å²) in [4.78, 5) is 19.8. The number of carbonyl (C=O) groups is 1. The second kappa shape index (κ2) is 8.71. The Bertz CT molecular complexity index is 1060. The molecule has 0 radical (unpaired) electrons. The highest BCUT2D eigenvalue weighted by Crippen LogP contribution is 2.35. The van der Waals surface area contributed by atoms with Gasteiger partial charge < -0.3 is 18.9 Å². The summed E-state index contributed by atoms with van der Waals surface area (Å²) in [5, 5.41) is 0.